The topological polar surface area (TPSA) is 60.2 Å². The molecule has 1 rings (SSSR count). The normalized spacial score (nSPS) is 10.6. The zero-order chi connectivity index (χ0) is 9.19. The molecule has 0 saturated heterocycles. The molecule has 0 unspecified atom stereocenters. The molecule has 2 N–H and O–H groups in total. The van der Waals surface area contributed by atoms with Crippen LogP contribution < -0.4 is 5.14 Å². The van der Waals surface area contributed by atoms with Gasteiger partial charge in [0.25, 0.3) is 0 Å². The molecule has 1 aromatic rings. The average molecular weight is 222 g/mol. The Morgan fingerprint density at radius 2 is 1.85 bits per heavy atom. The van der Waals surface area contributed by atoms with E-state index in [-0.39, 0.29) is 17.3 Å². The summed E-state index contributed by atoms with van der Waals surface area (Å²) in [5.74, 6) is 0. The second kappa shape index (κ2) is 4.60. The van der Waals surface area contributed by atoms with Crippen molar-refractivity contribution in [3.8, 4) is 0 Å². The van der Waals surface area contributed by atoms with Gasteiger partial charge in [0, 0.05) is 0 Å². The highest BCUT2D eigenvalue weighted by Gasteiger charge is 2.10. The van der Waals surface area contributed by atoms with Crippen LogP contribution >= 0.6 is 12.4 Å². The lowest BCUT2D eigenvalue weighted by atomic mass is 10.2. The molecule has 74 valence electrons. The molecule has 0 radical (unpaired) electrons. The molecule has 0 spiro atoms. The summed E-state index contributed by atoms with van der Waals surface area (Å²) in [6, 6.07) is 6.75. The van der Waals surface area contributed by atoms with Crippen molar-refractivity contribution in [1.82, 2.24) is 0 Å². The first-order valence-corrected chi connectivity index (χ1v) is 5.21. The molecule has 0 atom stereocenters. The van der Waals surface area contributed by atoms with Gasteiger partial charge >= 0.3 is 0 Å². The molecule has 13 heavy (non-hydrogen) atoms. The van der Waals surface area contributed by atoms with Gasteiger partial charge in [-0.2, -0.15) is 0 Å². The first-order valence-electron chi connectivity index (χ1n) is 3.66. The van der Waals surface area contributed by atoms with Gasteiger partial charge in [-0.3, -0.25) is 0 Å². The number of nitrogens with two attached hydrogens (primary N) is 1. The van der Waals surface area contributed by atoms with E-state index < -0.39 is 10.0 Å². The van der Waals surface area contributed by atoms with Gasteiger partial charge in [0.1, 0.15) is 0 Å². The van der Waals surface area contributed by atoms with Crippen molar-refractivity contribution in [2.75, 3.05) is 0 Å². The van der Waals surface area contributed by atoms with Crippen LogP contribution in [0.1, 0.15) is 12.5 Å². The highest BCUT2D eigenvalue weighted by molar-refractivity contribution is 7.89. The number of sulfonamides is 1. The highest BCUT2D eigenvalue weighted by Crippen LogP contribution is 2.13. The van der Waals surface area contributed by atoms with Gasteiger partial charge in [0.15, 0.2) is 0 Å². The maximum absolute atomic E-state index is 11.0. The van der Waals surface area contributed by atoms with Crippen LogP contribution in [0.4, 0.5) is 0 Å². The summed E-state index contributed by atoms with van der Waals surface area (Å²) < 4.78 is 22.0. The van der Waals surface area contributed by atoms with Crippen LogP contribution in [-0.2, 0) is 16.4 Å². The Morgan fingerprint density at radius 3 is 2.23 bits per heavy atom. The van der Waals surface area contributed by atoms with Crippen LogP contribution in [0.5, 0.6) is 0 Å². The van der Waals surface area contributed by atoms with Crippen molar-refractivity contribution in [2.24, 2.45) is 5.14 Å². The van der Waals surface area contributed by atoms with Crippen LogP contribution in [0, 0.1) is 0 Å². The lowest BCUT2D eigenvalue weighted by Gasteiger charge is -2.03. The van der Waals surface area contributed by atoms with Gasteiger partial charge in [-0.05, 0) is 18.1 Å². The molecule has 0 heterocycles. The van der Waals surface area contributed by atoms with E-state index in [0.717, 1.165) is 5.56 Å². The number of benzene rings is 1. The molecule has 5 heteroatoms. The summed E-state index contributed by atoms with van der Waals surface area (Å²) in [5.41, 5.74) is 0.764. The third-order valence-corrected chi connectivity index (χ3v) is 2.67. The number of primary sulfonamides is 1. The van der Waals surface area contributed by atoms with Gasteiger partial charge in [0.2, 0.25) is 10.0 Å². The van der Waals surface area contributed by atoms with Crippen LogP contribution in [0.2, 0.25) is 0 Å². The zero-order valence-corrected chi connectivity index (χ0v) is 8.86. The second-order valence-corrected chi connectivity index (χ2v) is 4.04. The van der Waals surface area contributed by atoms with Crippen LogP contribution in [0.25, 0.3) is 0 Å². The first kappa shape index (κ1) is 12.4. The van der Waals surface area contributed by atoms with E-state index in [2.05, 4.69) is 0 Å². The molecule has 0 aliphatic heterocycles. The Labute approximate surface area is 84.4 Å². The highest BCUT2D eigenvalue weighted by atomic mass is 35.5. The summed E-state index contributed by atoms with van der Waals surface area (Å²) in [5, 5.41) is 5.01. The minimum atomic E-state index is -3.55. The van der Waals surface area contributed by atoms with Crippen molar-refractivity contribution in [2.45, 2.75) is 18.2 Å². The second-order valence-electron chi connectivity index (χ2n) is 2.51. The van der Waals surface area contributed by atoms with Gasteiger partial charge in [0.05, 0.1) is 4.90 Å². The van der Waals surface area contributed by atoms with Crippen LogP contribution in [0.3, 0.4) is 0 Å². The molecule has 3 nitrogen and oxygen atoms in total. The zero-order valence-electron chi connectivity index (χ0n) is 7.23. The first-order chi connectivity index (χ1) is 5.55. The van der Waals surface area contributed by atoms with E-state index in [1.54, 1.807) is 18.2 Å². The summed E-state index contributed by atoms with van der Waals surface area (Å²) >= 11 is 0. The molecule has 0 amide bonds. The number of halogens is 1. The summed E-state index contributed by atoms with van der Waals surface area (Å²) in [4.78, 5) is 0.229. The molecular formula is C8H12ClNO2S. The number of aryl methyl sites for hydroxylation is 1. The van der Waals surface area contributed by atoms with Gasteiger partial charge in [-0.1, -0.05) is 25.1 Å². The summed E-state index contributed by atoms with van der Waals surface area (Å²) in [6.45, 7) is 1.89. The number of rotatable bonds is 2. The Balaban J connectivity index is 0.00000144. The standard InChI is InChI=1S/C8H11NO2S.ClH/c1-2-7-5-3-4-6-8(7)12(9,10)11;/h3-6H,2H2,1H3,(H2,9,10,11);1H. The Bertz CT molecular complexity index is 375. The van der Waals surface area contributed by atoms with Gasteiger partial charge in [-0.15, -0.1) is 12.4 Å². The SMILES string of the molecule is CCc1ccccc1S(N)(=O)=O.Cl. The van der Waals surface area contributed by atoms with Gasteiger partial charge in [-0.25, -0.2) is 13.6 Å². The van der Waals surface area contributed by atoms with E-state index >= 15 is 0 Å². The predicted molar refractivity (Wildman–Crippen MR) is 54.4 cm³/mol. The lowest BCUT2D eigenvalue weighted by molar-refractivity contribution is 0.596. The fourth-order valence-electron chi connectivity index (χ4n) is 1.07. The van der Waals surface area contributed by atoms with E-state index in [1.165, 1.54) is 6.07 Å². The third kappa shape index (κ3) is 2.99. The molecule has 0 bridgehead atoms. The molecule has 1 aromatic carbocycles. The van der Waals surface area contributed by atoms with Crippen molar-refractivity contribution in [3.63, 3.8) is 0 Å². The summed E-state index contributed by atoms with van der Waals surface area (Å²) in [6.07, 6.45) is 0.673. The Kier molecular flexibility index (Phi) is 4.39. The van der Waals surface area contributed by atoms with Crippen molar-refractivity contribution in [3.05, 3.63) is 29.8 Å². The molecule has 0 saturated carbocycles. The van der Waals surface area contributed by atoms with Gasteiger partial charge < -0.3 is 0 Å². The van der Waals surface area contributed by atoms with Crippen molar-refractivity contribution < 1.29 is 8.42 Å². The van der Waals surface area contributed by atoms with Crippen LogP contribution in [0.15, 0.2) is 29.2 Å². The fourth-order valence-corrected chi connectivity index (χ4v) is 1.92. The van der Waals surface area contributed by atoms with Crippen molar-refractivity contribution in [1.29, 1.82) is 0 Å². The van der Waals surface area contributed by atoms with Crippen LogP contribution in [-0.4, -0.2) is 8.42 Å². The molecule has 0 aromatic heterocycles. The maximum atomic E-state index is 11.0. The monoisotopic (exact) mass is 221 g/mol. The quantitative estimate of drug-likeness (QED) is 0.819. The van der Waals surface area contributed by atoms with Crippen molar-refractivity contribution >= 4 is 22.4 Å². The van der Waals surface area contributed by atoms with E-state index in [4.69, 9.17) is 5.14 Å². The predicted octanol–water partition coefficient (Wildman–Crippen LogP) is 1.32. The Morgan fingerprint density at radius 1 is 1.31 bits per heavy atom. The largest absolute Gasteiger partial charge is 0.238 e. The van der Waals surface area contributed by atoms with E-state index in [1.807, 2.05) is 6.92 Å². The summed E-state index contributed by atoms with van der Waals surface area (Å²) in [7, 11) is -3.55. The lowest BCUT2D eigenvalue weighted by Crippen LogP contribution is -2.14. The Hall–Kier alpha value is -0.580. The number of hydrogen-bond donors (Lipinski definition) is 1. The minimum Gasteiger partial charge on any atom is -0.225 e. The smallest absolute Gasteiger partial charge is 0.225 e. The fraction of sp³-hybridized carbons (Fsp3) is 0.250. The number of hydrogen-bond acceptors (Lipinski definition) is 2. The average Bonchev–Trinajstić information content (AvgIpc) is 2.03. The minimum absolute atomic E-state index is 0. The molecular weight excluding hydrogens is 210 g/mol. The van der Waals surface area contributed by atoms with E-state index in [9.17, 15) is 8.42 Å². The molecule has 0 aliphatic rings. The third-order valence-electron chi connectivity index (χ3n) is 1.66. The molecule has 0 fully saturated rings. The maximum Gasteiger partial charge on any atom is 0.238 e. The molecule has 0 aliphatic carbocycles. The van der Waals surface area contributed by atoms with E-state index in [0.29, 0.717) is 6.42 Å².